The van der Waals surface area contributed by atoms with Crippen molar-refractivity contribution in [1.29, 1.82) is 0 Å². The van der Waals surface area contributed by atoms with Gasteiger partial charge in [-0.2, -0.15) is 13.2 Å². The molecule has 1 aliphatic rings. The molecule has 0 spiro atoms. The number of hydrogen-bond acceptors (Lipinski definition) is 1. The molecule has 150 valence electrons. The van der Waals surface area contributed by atoms with Crippen molar-refractivity contribution in [2.45, 2.75) is 59.0 Å². The van der Waals surface area contributed by atoms with Crippen LogP contribution in [0.2, 0.25) is 0 Å². The van der Waals surface area contributed by atoms with Crippen LogP contribution in [0, 0.1) is 24.5 Å². The van der Waals surface area contributed by atoms with Crippen LogP contribution in [0.15, 0.2) is 36.4 Å². The van der Waals surface area contributed by atoms with Crippen LogP contribution in [0.3, 0.4) is 0 Å². The zero-order valence-electron chi connectivity index (χ0n) is 14.9. The van der Waals surface area contributed by atoms with E-state index in [2.05, 4.69) is 11.7 Å². The molecule has 2 aromatic carbocycles. The number of ether oxygens (including phenoxy) is 1. The summed E-state index contributed by atoms with van der Waals surface area (Å²) >= 11 is 0. The minimum atomic E-state index is -3.75. The van der Waals surface area contributed by atoms with Crippen molar-refractivity contribution in [3.8, 4) is 5.75 Å². The standard InChI is InChI=1S/C21H22F4O.CH4.H2/c1-13-3-6-15(7-4-13)16-8-10-17(11-9-16)21(24,25)26-18-12-5-14(2)19(22)20(18)23;;/h5,8-13,15H,3-4,6-7H2,1-2H3;1H4;1H. The van der Waals surface area contributed by atoms with E-state index < -0.39 is 23.5 Å². The molecule has 1 aliphatic carbocycles. The Balaban J connectivity index is 0.00000196. The van der Waals surface area contributed by atoms with E-state index in [9.17, 15) is 17.6 Å². The Hall–Kier alpha value is -2.04. The van der Waals surface area contributed by atoms with E-state index >= 15 is 0 Å². The van der Waals surface area contributed by atoms with Crippen LogP contribution in [-0.2, 0) is 6.11 Å². The molecule has 2 aromatic rings. The topological polar surface area (TPSA) is 9.23 Å². The molecule has 1 saturated carbocycles. The minimum Gasteiger partial charge on any atom is -0.426 e. The largest absolute Gasteiger partial charge is 0.426 e. The molecule has 0 unspecified atom stereocenters. The fraction of sp³-hybridized carbons (Fsp3) is 0.455. The lowest BCUT2D eigenvalue weighted by atomic mass is 9.79. The first-order valence-corrected chi connectivity index (χ1v) is 8.90. The summed E-state index contributed by atoms with van der Waals surface area (Å²) in [5, 5.41) is 0. The normalized spacial score (nSPS) is 20.1. The Bertz CT molecular complexity index is 769. The first kappa shape index (κ1) is 21.3. The van der Waals surface area contributed by atoms with Crippen molar-refractivity contribution in [2.24, 2.45) is 5.92 Å². The van der Waals surface area contributed by atoms with Crippen LogP contribution >= 0.6 is 0 Å². The summed E-state index contributed by atoms with van der Waals surface area (Å²) in [6.07, 6.45) is 0.651. The van der Waals surface area contributed by atoms with Crippen LogP contribution in [0.4, 0.5) is 17.6 Å². The maximum absolute atomic E-state index is 14.4. The van der Waals surface area contributed by atoms with E-state index in [-0.39, 0.29) is 20.0 Å². The summed E-state index contributed by atoms with van der Waals surface area (Å²) in [6.45, 7) is 3.58. The molecule has 0 N–H and O–H groups in total. The minimum absolute atomic E-state index is 0. The van der Waals surface area contributed by atoms with E-state index in [0.29, 0.717) is 11.8 Å². The number of aryl methyl sites for hydroxylation is 1. The highest BCUT2D eigenvalue weighted by Crippen LogP contribution is 2.38. The fourth-order valence-electron chi connectivity index (χ4n) is 3.45. The molecular weight excluding hydrogens is 356 g/mol. The maximum atomic E-state index is 14.4. The van der Waals surface area contributed by atoms with Crippen LogP contribution < -0.4 is 4.74 Å². The van der Waals surface area contributed by atoms with Gasteiger partial charge in [-0.3, -0.25) is 0 Å². The maximum Gasteiger partial charge on any atom is 0.426 e. The Morgan fingerprint density at radius 1 is 0.926 bits per heavy atom. The molecule has 0 bridgehead atoms. The number of hydrogen-bond donors (Lipinski definition) is 0. The Morgan fingerprint density at radius 2 is 1.52 bits per heavy atom. The molecule has 0 saturated heterocycles. The van der Waals surface area contributed by atoms with Crippen LogP contribution in [0.5, 0.6) is 5.75 Å². The summed E-state index contributed by atoms with van der Waals surface area (Å²) in [5.41, 5.74) is 0.680. The number of rotatable bonds is 4. The monoisotopic (exact) mass is 384 g/mol. The van der Waals surface area contributed by atoms with Gasteiger partial charge in [0.1, 0.15) is 0 Å². The Labute approximate surface area is 159 Å². The van der Waals surface area contributed by atoms with E-state index in [0.717, 1.165) is 37.3 Å². The van der Waals surface area contributed by atoms with Crippen LogP contribution in [-0.4, -0.2) is 0 Å². The molecule has 27 heavy (non-hydrogen) atoms. The predicted molar refractivity (Wildman–Crippen MR) is 101 cm³/mol. The summed E-state index contributed by atoms with van der Waals surface area (Å²) in [5.74, 6) is -2.28. The van der Waals surface area contributed by atoms with Gasteiger partial charge in [0.05, 0.1) is 5.56 Å². The third kappa shape index (κ3) is 4.63. The van der Waals surface area contributed by atoms with Gasteiger partial charge in [0.2, 0.25) is 5.82 Å². The van der Waals surface area contributed by atoms with Gasteiger partial charge in [0.25, 0.3) is 0 Å². The van der Waals surface area contributed by atoms with Gasteiger partial charge in [-0.15, -0.1) is 0 Å². The summed E-state index contributed by atoms with van der Waals surface area (Å²) in [7, 11) is 0. The van der Waals surface area contributed by atoms with Crippen LogP contribution in [0.1, 0.15) is 64.1 Å². The van der Waals surface area contributed by atoms with Gasteiger partial charge in [0, 0.05) is 1.43 Å². The fourth-order valence-corrected chi connectivity index (χ4v) is 3.45. The van der Waals surface area contributed by atoms with Crippen molar-refractivity contribution in [3.63, 3.8) is 0 Å². The number of halogens is 4. The lowest BCUT2D eigenvalue weighted by molar-refractivity contribution is -0.187. The number of alkyl halides is 2. The summed E-state index contributed by atoms with van der Waals surface area (Å²) in [4.78, 5) is 0. The van der Waals surface area contributed by atoms with Gasteiger partial charge >= 0.3 is 6.11 Å². The third-order valence-electron chi connectivity index (χ3n) is 5.21. The van der Waals surface area contributed by atoms with E-state index in [4.69, 9.17) is 0 Å². The molecule has 0 aliphatic heterocycles. The second-order valence-corrected chi connectivity index (χ2v) is 7.21. The SMILES string of the molecule is C.Cc1ccc(OC(F)(F)c2ccc(C3CCC(C)CC3)cc2)c(F)c1F.[HH]. The molecule has 0 radical (unpaired) electrons. The zero-order chi connectivity index (χ0) is 18.9. The quantitative estimate of drug-likeness (QED) is 0.494. The summed E-state index contributed by atoms with van der Waals surface area (Å²) < 4.78 is 60.6. The Morgan fingerprint density at radius 3 is 2.11 bits per heavy atom. The molecule has 0 amide bonds. The molecular formula is C22H28F4O. The molecule has 1 fully saturated rings. The molecule has 0 aromatic heterocycles. The molecule has 1 nitrogen and oxygen atoms in total. The van der Waals surface area contributed by atoms with E-state index in [1.807, 2.05) is 0 Å². The number of benzene rings is 2. The molecule has 0 heterocycles. The average molecular weight is 384 g/mol. The van der Waals surface area contributed by atoms with Crippen molar-refractivity contribution >= 4 is 0 Å². The highest BCUT2D eigenvalue weighted by Gasteiger charge is 2.36. The first-order valence-electron chi connectivity index (χ1n) is 8.90. The zero-order valence-corrected chi connectivity index (χ0v) is 14.9. The highest BCUT2D eigenvalue weighted by molar-refractivity contribution is 5.32. The predicted octanol–water partition coefficient (Wildman–Crippen LogP) is 7.58. The molecule has 5 heteroatoms. The van der Waals surface area contributed by atoms with Gasteiger partial charge in [-0.05, 0) is 60.9 Å². The third-order valence-corrected chi connectivity index (χ3v) is 5.21. The van der Waals surface area contributed by atoms with Crippen LogP contribution in [0.25, 0.3) is 0 Å². The lowest BCUT2D eigenvalue weighted by Gasteiger charge is -2.27. The van der Waals surface area contributed by atoms with Crippen molar-refractivity contribution in [2.75, 3.05) is 0 Å². The van der Waals surface area contributed by atoms with Gasteiger partial charge in [-0.25, -0.2) is 4.39 Å². The van der Waals surface area contributed by atoms with Crippen molar-refractivity contribution < 1.29 is 23.7 Å². The average Bonchev–Trinajstić information content (AvgIpc) is 2.63. The first-order chi connectivity index (χ1) is 12.3. The van der Waals surface area contributed by atoms with Gasteiger partial charge < -0.3 is 4.74 Å². The van der Waals surface area contributed by atoms with Gasteiger partial charge in [-0.1, -0.05) is 45.4 Å². The van der Waals surface area contributed by atoms with Crippen molar-refractivity contribution in [1.82, 2.24) is 0 Å². The molecule has 3 rings (SSSR count). The Kier molecular flexibility index (Phi) is 6.55. The molecule has 0 atom stereocenters. The van der Waals surface area contributed by atoms with Gasteiger partial charge in [0.15, 0.2) is 11.6 Å². The highest BCUT2D eigenvalue weighted by atomic mass is 19.3. The van der Waals surface area contributed by atoms with Crippen molar-refractivity contribution in [3.05, 3.63) is 64.7 Å². The van der Waals surface area contributed by atoms with E-state index in [1.165, 1.54) is 25.1 Å². The smallest absolute Gasteiger partial charge is 0.426 e. The second kappa shape index (κ2) is 8.32. The van der Waals surface area contributed by atoms with E-state index in [1.54, 1.807) is 12.1 Å². The summed E-state index contributed by atoms with van der Waals surface area (Å²) in [6, 6.07) is 8.18. The lowest BCUT2D eigenvalue weighted by Crippen LogP contribution is -2.23. The second-order valence-electron chi connectivity index (χ2n) is 7.21.